The van der Waals surface area contributed by atoms with Gasteiger partial charge in [0.05, 0.1) is 12.1 Å². The van der Waals surface area contributed by atoms with Gasteiger partial charge in [0.15, 0.2) is 0 Å². The first-order chi connectivity index (χ1) is 8.15. The van der Waals surface area contributed by atoms with Gasteiger partial charge in [0.1, 0.15) is 5.75 Å². The van der Waals surface area contributed by atoms with Crippen molar-refractivity contribution >= 4 is 10.8 Å². The molecule has 2 aromatic carbocycles. The Labute approximate surface area is 101 Å². The van der Waals surface area contributed by atoms with Gasteiger partial charge in [-0.1, -0.05) is 37.3 Å². The molecule has 0 saturated carbocycles. The van der Waals surface area contributed by atoms with Gasteiger partial charge in [0.2, 0.25) is 0 Å². The number of hydrogen-bond acceptors (Lipinski definition) is 3. The summed E-state index contributed by atoms with van der Waals surface area (Å²) in [5, 5.41) is 21.3. The van der Waals surface area contributed by atoms with Gasteiger partial charge in [-0.3, -0.25) is 0 Å². The normalized spacial score (nSPS) is 14.8. The maximum absolute atomic E-state index is 9.82. The number of benzene rings is 2. The second-order valence-electron chi connectivity index (χ2n) is 4.22. The highest BCUT2D eigenvalue weighted by molar-refractivity contribution is 5.91. The first kappa shape index (κ1) is 11.9. The quantitative estimate of drug-likeness (QED) is 0.759. The highest BCUT2D eigenvalue weighted by atomic mass is 16.3. The topological polar surface area (TPSA) is 66.5 Å². The zero-order valence-electron chi connectivity index (χ0n) is 9.80. The molecule has 0 heterocycles. The number of aliphatic hydroxyl groups is 1. The standard InChI is InChI=1S/C14H17NO2/c1-2-12(16)14(15)11-7-8-13(17)10-6-4-3-5-9(10)11/h3-8,12,14,16-17H,2,15H2,1H3/t12-,14+/m1/s1. The Morgan fingerprint density at radius 1 is 1.12 bits per heavy atom. The number of phenolic OH excluding ortho intramolecular Hbond substituents is 1. The third-order valence-corrected chi connectivity index (χ3v) is 3.13. The Balaban J connectivity index is 2.59. The average Bonchev–Trinajstić information content (AvgIpc) is 2.38. The van der Waals surface area contributed by atoms with Crippen molar-refractivity contribution in [1.82, 2.24) is 0 Å². The van der Waals surface area contributed by atoms with Crippen LogP contribution in [0.5, 0.6) is 5.75 Å². The Morgan fingerprint density at radius 2 is 1.76 bits per heavy atom. The molecule has 0 aliphatic rings. The molecular weight excluding hydrogens is 214 g/mol. The summed E-state index contributed by atoms with van der Waals surface area (Å²) < 4.78 is 0. The zero-order valence-corrected chi connectivity index (χ0v) is 9.80. The minimum atomic E-state index is -0.567. The van der Waals surface area contributed by atoms with E-state index in [1.54, 1.807) is 12.1 Å². The van der Waals surface area contributed by atoms with Gasteiger partial charge in [-0.2, -0.15) is 0 Å². The van der Waals surface area contributed by atoms with Crippen LogP contribution in [-0.2, 0) is 0 Å². The number of fused-ring (bicyclic) bond motifs is 1. The van der Waals surface area contributed by atoms with Gasteiger partial charge in [0.25, 0.3) is 0 Å². The molecule has 0 unspecified atom stereocenters. The third kappa shape index (κ3) is 2.12. The molecule has 2 aromatic rings. The van der Waals surface area contributed by atoms with Crippen molar-refractivity contribution in [2.45, 2.75) is 25.5 Å². The fraction of sp³-hybridized carbons (Fsp3) is 0.286. The van der Waals surface area contributed by atoms with Crippen molar-refractivity contribution in [2.75, 3.05) is 0 Å². The molecule has 2 atom stereocenters. The summed E-state index contributed by atoms with van der Waals surface area (Å²) in [6.07, 6.45) is 0.0408. The number of rotatable bonds is 3. The summed E-state index contributed by atoms with van der Waals surface area (Å²) in [5.41, 5.74) is 6.90. The molecular formula is C14H17NO2. The Kier molecular flexibility index (Phi) is 3.31. The minimum Gasteiger partial charge on any atom is -0.507 e. The van der Waals surface area contributed by atoms with E-state index in [9.17, 15) is 10.2 Å². The van der Waals surface area contributed by atoms with Gasteiger partial charge >= 0.3 is 0 Å². The van der Waals surface area contributed by atoms with Crippen molar-refractivity contribution in [3.05, 3.63) is 42.0 Å². The maximum atomic E-state index is 9.82. The minimum absolute atomic E-state index is 0.238. The van der Waals surface area contributed by atoms with Crippen LogP contribution in [0.3, 0.4) is 0 Å². The highest BCUT2D eigenvalue weighted by Gasteiger charge is 2.17. The van der Waals surface area contributed by atoms with E-state index in [-0.39, 0.29) is 5.75 Å². The monoisotopic (exact) mass is 231 g/mol. The van der Waals surface area contributed by atoms with Crippen molar-refractivity contribution in [3.63, 3.8) is 0 Å². The predicted molar refractivity (Wildman–Crippen MR) is 68.8 cm³/mol. The summed E-state index contributed by atoms with van der Waals surface area (Å²) in [6.45, 7) is 1.90. The maximum Gasteiger partial charge on any atom is 0.123 e. The molecule has 2 rings (SSSR count). The fourth-order valence-corrected chi connectivity index (χ4v) is 2.06. The van der Waals surface area contributed by atoms with Crippen LogP contribution in [0.25, 0.3) is 10.8 Å². The molecule has 17 heavy (non-hydrogen) atoms. The van der Waals surface area contributed by atoms with Crippen molar-refractivity contribution in [2.24, 2.45) is 5.73 Å². The molecule has 0 fully saturated rings. The van der Waals surface area contributed by atoms with Crippen LogP contribution < -0.4 is 5.73 Å². The number of hydrogen-bond donors (Lipinski definition) is 3. The Bertz CT molecular complexity index is 525. The van der Waals surface area contributed by atoms with E-state index in [1.807, 2.05) is 31.2 Å². The van der Waals surface area contributed by atoms with E-state index in [4.69, 9.17) is 5.73 Å². The van der Waals surface area contributed by atoms with Gasteiger partial charge in [0, 0.05) is 5.39 Å². The van der Waals surface area contributed by atoms with Gasteiger partial charge < -0.3 is 15.9 Å². The average molecular weight is 231 g/mol. The molecule has 4 N–H and O–H groups in total. The molecule has 3 nitrogen and oxygen atoms in total. The molecule has 0 aromatic heterocycles. The molecule has 0 aliphatic heterocycles. The fourth-order valence-electron chi connectivity index (χ4n) is 2.06. The third-order valence-electron chi connectivity index (χ3n) is 3.13. The van der Waals surface area contributed by atoms with Crippen LogP contribution >= 0.6 is 0 Å². The van der Waals surface area contributed by atoms with Crippen molar-refractivity contribution in [3.8, 4) is 5.75 Å². The summed E-state index contributed by atoms with van der Waals surface area (Å²) in [7, 11) is 0. The number of aliphatic hydroxyl groups excluding tert-OH is 1. The van der Waals surface area contributed by atoms with E-state index in [2.05, 4.69) is 0 Å². The van der Waals surface area contributed by atoms with Crippen LogP contribution in [0.4, 0.5) is 0 Å². The largest absolute Gasteiger partial charge is 0.507 e. The van der Waals surface area contributed by atoms with Crippen LogP contribution in [-0.4, -0.2) is 16.3 Å². The predicted octanol–water partition coefficient (Wildman–Crippen LogP) is 2.32. The molecule has 0 spiro atoms. The molecule has 0 radical (unpaired) electrons. The number of nitrogens with two attached hydrogens (primary N) is 1. The molecule has 0 amide bonds. The first-order valence-electron chi connectivity index (χ1n) is 5.79. The highest BCUT2D eigenvalue weighted by Crippen LogP contribution is 2.31. The zero-order chi connectivity index (χ0) is 12.4. The lowest BCUT2D eigenvalue weighted by atomic mass is 9.94. The summed E-state index contributed by atoms with van der Waals surface area (Å²) >= 11 is 0. The number of aromatic hydroxyl groups is 1. The van der Waals surface area contributed by atoms with E-state index in [0.29, 0.717) is 6.42 Å². The molecule has 90 valence electrons. The first-order valence-corrected chi connectivity index (χ1v) is 5.79. The van der Waals surface area contributed by atoms with Crippen LogP contribution in [0, 0.1) is 0 Å². The SMILES string of the molecule is CC[C@@H](O)[C@@H](N)c1ccc(O)c2ccccc12. The Hall–Kier alpha value is -1.58. The lowest BCUT2D eigenvalue weighted by Crippen LogP contribution is -2.25. The molecule has 0 bridgehead atoms. The lowest BCUT2D eigenvalue weighted by Gasteiger charge is -2.19. The Morgan fingerprint density at radius 3 is 2.41 bits per heavy atom. The lowest BCUT2D eigenvalue weighted by molar-refractivity contribution is 0.141. The molecule has 3 heteroatoms. The molecule has 0 saturated heterocycles. The van der Waals surface area contributed by atoms with Crippen molar-refractivity contribution in [1.29, 1.82) is 0 Å². The van der Waals surface area contributed by atoms with E-state index < -0.39 is 12.1 Å². The summed E-state index contributed by atoms with van der Waals surface area (Å²) in [6, 6.07) is 10.5. The van der Waals surface area contributed by atoms with Crippen LogP contribution in [0.15, 0.2) is 36.4 Å². The summed E-state index contributed by atoms with van der Waals surface area (Å²) in [4.78, 5) is 0. The van der Waals surface area contributed by atoms with Crippen LogP contribution in [0.2, 0.25) is 0 Å². The van der Waals surface area contributed by atoms with Gasteiger partial charge in [-0.05, 0) is 23.4 Å². The van der Waals surface area contributed by atoms with Crippen molar-refractivity contribution < 1.29 is 10.2 Å². The van der Waals surface area contributed by atoms with Gasteiger partial charge in [-0.15, -0.1) is 0 Å². The van der Waals surface area contributed by atoms with E-state index >= 15 is 0 Å². The van der Waals surface area contributed by atoms with Crippen LogP contribution in [0.1, 0.15) is 24.9 Å². The summed E-state index contributed by atoms with van der Waals surface area (Å²) in [5.74, 6) is 0.238. The number of phenols is 1. The smallest absolute Gasteiger partial charge is 0.123 e. The van der Waals surface area contributed by atoms with E-state index in [0.717, 1.165) is 16.3 Å². The molecule has 0 aliphatic carbocycles. The van der Waals surface area contributed by atoms with E-state index in [1.165, 1.54) is 0 Å². The van der Waals surface area contributed by atoms with Gasteiger partial charge in [-0.25, -0.2) is 0 Å². The second kappa shape index (κ2) is 4.73. The second-order valence-corrected chi connectivity index (χ2v) is 4.22.